The molecule has 0 aromatic heterocycles. The molecule has 0 amide bonds. The average molecular weight is 152 g/mol. The second kappa shape index (κ2) is 4.09. The quantitative estimate of drug-likeness (QED) is 0.601. The van der Waals surface area contributed by atoms with Crippen molar-refractivity contribution in [3.8, 4) is 0 Å². The fraction of sp³-hybridized carbons (Fsp3) is 1.00. The smallest absolute Gasteiger partial charge is 0.104 e. The fourth-order valence-corrected chi connectivity index (χ4v) is 1.12. The zero-order chi connectivity index (χ0) is 5.98. The van der Waals surface area contributed by atoms with E-state index in [1.165, 1.54) is 12.8 Å². The highest BCUT2D eigenvalue weighted by Gasteiger charge is 2.14. The molecule has 1 saturated heterocycles. The Balaban J connectivity index is 0.000000640. The lowest BCUT2D eigenvalue weighted by Crippen LogP contribution is -2.29. The molecule has 1 unspecified atom stereocenters. The molecule has 0 radical (unpaired) electrons. The molecule has 0 saturated carbocycles. The molecule has 1 atom stereocenters. The minimum atomic E-state index is -0.225. The van der Waals surface area contributed by atoms with Gasteiger partial charge in [0.25, 0.3) is 0 Å². The van der Waals surface area contributed by atoms with Crippen molar-refractivity contribution in [2.24, 2.45) is 0 Å². The summed E-state index contributed by atoms with van der Waals surface area (Å²) in [5.74, 6) is 0. The minimum absolute atomic E-state index is 0. The van der Waals surface area contributed by atoms with Crippen LogP contribution in [-0.4, -0.2) is 29.3 Å². The summed E-state index contributed by atoms with van der Waals surface area (Å²) in [4.78, 5) is 2.08. The third-order valence-corrected chi connectivity index (χ3v) is 1.67. The van der Waals surface area contributed by atoms with Gasteiger partial charge in [0.2, 0.25) is 0 Å². The second-order valence-corrected chi connectivity index (χ2v) is 2.37. The van der Waals surface area contributed by atoms with Crippen LogP contribution < -0.4 is 0 Å². The average Bonchev–Trinajstić information content (AvgIpc) is 2.12. The monoisotopic (exact) mass is 151 g/mol. The zero-order valence-electron chi connectivity index (χ0n) is 5.71. The third-order valence-electron chi connectivity index (χ3n) is 1.67. The largest absolute Gasteiger partial charge is 0.379 e. The van der Waals surface area contributed by atoms with Gasteiger partial charge in [-0.1, -0.05) is 0 Å². The van der Waals surface area contributed by atoms with Crippen molar-refractivity contribution in [3.05, 3.63) is 0 Å². The number of rotatable bonds is 1. The van der Waals surface area contributed by atoms with Crippen molar-refractivity contribution in [1.29, 1.82) is 0 Å². The van der Waals surface area contributed by atoms with Gasteiger partial charge in [0.15, 0.2) is 0 Å². The van der Waals surface area contributed by atoms with E-state index in [0.717, 1.165) is 13.1 Å². The van der Waals surface area contributed by atoms with Gasteiger partial charge in [-0.2, -0.15) is 0 Å². The van der Waals surface area contributed by atoms with E-state index >= 15 is 0 Å². The third kappa shape index (κ3) is 2.52. The van der Waals surface area contributed by atoms with Crippen molar-refractivity contribution in [2.45, 2.75) is 26.0 Å². The predicted molar refractivity (Wildman–Crippen MR) is 39.7 cm³/mol. The topological polar surface area (TPSA) is 23.5 Å². The van der Waals surface area contributed by atoms with Gasteiger partial charge in [0.05, 0.1) is 0 Å². The van der Waals surface area contributed by atoms with Crippen LogP contribution in [0.5, 0.6) is 0 Å². The van der Waals surface area contributed by atoms with Crippen molar-refractivity contribution < 1.29 is 5.11 Å². The molecule has 0 bridgehead atoms. The number of likely N-dealkylation sites (tertiary alicyclic amines) is 1. The first-order chi connectivity index (χ1) is 3.80. The summed E-state index contributed by atoms with van der Waals surface area (Å²) in [6.07, 6.45) is 2.29. The van der Waals surface area contributed by atoms with Crippen LogP contribution in [0.3, 0.4) is 0 Å². The van der Waals surface area contributed by atoms with Gasteiger partial charge in [-0.05, 0) is 19.8 Å². The highest BCUT2D eigenvalue weighted by atomic mass is 35.5. The van der Waals surface area contributed by atoms with E-state index < -0.39 is 0 Å². The number of halogens is 1. The molecule has 0 aliphatic carbocycles. The summed E-state index contributed by atoms with van der Waals surface area (Å²) in [6, 6.07) is 0. The molecule has 0 spiro atoms. The van der Waals surface area contributed by atoms with Crippen LogP contribution in [0.15, 0.2) is 0 Å². The first-order valence-corrected chi connectivity index (χ1v) is 3.23. The normalized spacial score (nSPS) is 23.3. The SMILES string of the molecule is CC(O)N1CCCC1.Cl. The minimum Gasteiger partial charge on any atom is -0.379 e. The number of hydrogen-bond donors (Lipinski definition) is 1. The molecule has 1 aliphatic rings. The van der Waals surface area contributed by atoms with Crippen molar-refractivity contribution in [1.82, 2.24) is 4.90 Å². The van der Waals surface area contributed by atoms with Gasteiger partial charge in [-0.15, -0.1) is 12.4 Å². The molecule has 0 aromatic rings. The van der Waals surface area contributed by atoms with E-state index in [4.69, 9.17) is 5.11 Å². The number of aliphatic hydroxyl groups excluding tert-OH is 1. The highest BCUT2D eigenvalue weighted by Crippen LogP contribution is 2.08. The van der Waals surface area contributed by atoms with Gasteiger partial charge in [0, 0.05) is 13.1 Å². The van der Waals surface area contributed by atoms with Gasteiger partial charge in [0.1, 0.15) is 6.23 Å². The molecule has 0 aromatic carbocycles. The Morgan fingerprint density at radius 3 is 2.00 bits per heavy atom. The van der Waals surface area contributed by atoms with Crippen molar-refractivity contribution in [2.75, 3.05) is 13.1 Å². The van der Waals surface area contributed by atoms with Crippen LogP contribution in [0.25, 0.3) is 0 Å². The molecule has 9 heavy (non-hydrogen) atoms. The Labute approximate surface area is 62.3 Å². The molecular weight excluding hydrogens is 138 g/mol. The maximum absolute atomic E-state index is 8.98. The van der Waals surface area contributed by atoms with Crippen LogP contribution >= 0.6 is 12.4 Å². The lowest BCUT2D eigenvalue weighted by atomic mass is 10.4. The maximum atomic E-state index is 8.98. The van der Waals surface area contributed by atoms with E-state index in [1.807, 2.05) is 6.92 Å². The van der Waals surface area contributed by atoms with E-state index in [0.29, 0.717) is 0 Å². The molecule has 1 aliphatic heterocycles. The highest BCUT2D eigenvalue weighted by molar-refractivity contribution is 5.85. The number of nitrogens with zero attached hydrogens (tertiary/aromatic N) is 1. The zero-order valence-corrected chi connectivity index (χ0v) is 6.52. The van der Waals surface area contributed by atoms with E-state index in [2.05, 4.69) is 4.90 Å². The van der Waals surface area contributed by atoms with Gasteiger partial charge < -0.3 is 5.11 Å². The summed E-state index contributed by atoms with van der Waals surface area (Å²) < 4.78 is 0. The van der Waals surface area contributed by atoms with Crippen LogP contribution in [0.1, 0.15) is 19.8 Å². The van der Waals surface area contributed by atoms with Crippen LogP contribution in [0.4, 0.5) is 0 Å². The lowest BCUT2D eigenvalue weighted by molar-refractivity contribution is 0.0369. The van der Waals surface area contributed by atoms with E-state index in [9.17, 15) is 0 Å². The van der Waals surface area contributed by atoms with Crippen LogP contribution in [0.2, 0.25) is 0 Å². The molecule has 3 heteroatoms. The Morgan fingerprint density at radius 2 is 1.78 bits per heavy atom. The summed E-state index contributed by atoms with van der Waals surface area (Å²) in [7, 11) is 0. The molecular formula is C6H14ClNO. The molecule has 2 nitrogen and oxygen atoms in total. The van der Waals surface area contributed by atoms with Crippen molar-refractivity contribution in [3.63, 3.8) is 0 Å². The molecule has 1 N–H and O–H groups in total. The second-order valence-electron chi connectivity index (χ2n) is 2.37. The Hall–Kier alpha value is 0.210. The van der Waals surface area contributed by atoms with Crippen LogP contribution in [0, 0.1) is 0 Å². The summed E-state index contributed by atoms with van der Waals surface area (Å²) in [6.45, 7) is 3.99. The summed E-state index contributed by atoms with van der Waals surface area (Å²) in [5, 5.41) is 8.98. The summed E-state index contributed by atoms with van der Waals surface area (Å²) >= 11 is 0. The van der Waals surface area contributed by atoms with Gasteiger partial charge >= 0.3 is 0 Å². The van der Waals surface area contributed by atoms with Crippen molar-refractivity contribution >= 4 is 12.4 Å². The number of aliphatic hydroxyl groups is 1. The standard InChI is InChI=1S/C6H13NO.ClH/c1-6(8)7-4-2-3-5-7;/h6,8H,2-5H2,1H3;1H. The Kier molecular flexibility index (Phi) is 4.19. The molecule has 1 heterocycles. The van der Waals surface area contributed by atoms with Gasteiger partial charge in [-0.3, -0.25) is 4.90 Å². The first kappa shape index (κ1) is 9.21. The molecule has 56 valence electrons. The molecule has 1 fully saturated rings. The van der Waals surface area contributed by atoms with Crippen LogP contribution in [-0.2, 0) is 0 Å². The fourth-order valence-electron chi connectivity index (χ4n) is 1.12. The Bertz CT molecular complexity index is 71.5. The maximum Gasteiger partial charge on any atom is 0.104 e. The Morgan fingerprint density at radius 1 is 1.33 bits per heavy atom. The summed E-state index contributed by atoms with van der Waals surface area (Å²) in [5.41, 5.74) is 0. The van der Waals surface area contributed by atoms with Gasteiger partial charge in [-0.25, -0.2) is 0 Å². The van der Waals surface area contributed by atoms with E-state index in [1.54, 1.807) is 0 Å². The van der Waals surface area contributed by atoms with E-state index in [-0.39, 0.29) is 18.6 Å². The molecule has 1 rings (SSSR count). The lowest BCUT2D eigenvalue weighted by Gasteiger charge is -2.16. The predicted octanol–water partition coefficient (Wildman–Crippen LogP) is 0.842. The first-order valence-electron chi connectivity index (χ1n) is 3.23. The number of hydrogen-bond acceptors (Lipinski definition) is 2.